The summed E-state index contributed by atoms with van der Waals surface area (Å²) >= 11 is 0. The molecule has 0 radical (unpaired) electrons. The Kier molecular flexibility index (Phi) is 14.7. The minimum atomic E-state index is -0.509. The van der Waals surface area contributed by atoms with Crippen LogP contribution in [0.5, 0.6) is 0 Å². The van der Waals surface area contributed by atoms with Gasteiger partial charge in [-0.2, -0.15) is 0 Å². The molecule has 4 aliphatic rings. The van der Waals surface area contributed by atoms with E-state index >= 15 is 0 Å². The summed E-state index contributed by atoms with van der Waals surface area (Å²) in [5.41, 5.74) is 0. The molecule has 0 aromatic rings. The summed E-state index contributed by atoms with van der Waals surface area (Å²) in [7, 11) is 1.70. The van der Waals surface area contributed by atoms with Gasteiger partial charge in [-0.3, -0.25) is 0 Å². The normalized spacial score (nSPS) is 38.2. The van der Waals surface area contributed by atoms with Crippen molar-refractivity contribution in [1.29, 1.82) is 0 Å². The molecule has 4 fully saturated rings. The topological polar surface area (TPSA) is 110 Å². The summed E-state index contributed by atoms with van der Waals surface area (Å²) in [5, 5.41) is 50.3. The Morgan fingerprint density at radius 3 is 1.54 bits per heavy atom. The molecule has 208 valence electrons. The standard InChI is InChI=1S/C14H26O3.C13H24O3.C2H6/c1-17-13-9-11(15)7-8-12(13)14(16)10-5-3-2-4-6-10;14-11-7-3-1-5-9(11)13(16)10-6-2-4-8-12(10)15;1-2/h10-16H,2-9H2,1H3;9-16H,1-8H2;1-2H3. The number of aliphatic hydroxyl groups excluding tert-OH is 5. The minimum absolute atomic E-state index is 0.00787. The second kappa shape index (κ2) is 16.6. The SMILES string of the molecule is CC.COC1CC(O)CCC1C(O)C1CCCCC1.OC1CCCCC1C(O)C1CCCCC1O. The summed E-state index contributed by atoms with van der Waals surface area (Å²) in [6.45, 7) is 4.00. The molecular formula is C29H56O6. The maximum atomic E-state index is 10.5. The van der Waals surface area contributed by atoms with Crippen molar-refractivity contribution in [3.8, 4) is 0 Å². The molecule has 8 unspecified atom stereocenters. The Hall–Kier alpha value is -0.240. The lowest BCUT2D eigenvalue weighted by atomic mass is 9.73. The number of hydrogen-bond donors (Lipinski definition) is 5. The van der Waals surface area contributed by atoms with Crippen LogP contribution in [-0.2, 0) is 4.74 Å². The van der Waals surface area contributed by atoms with Crippen LogP contribution >= 0.6 is 0 Å². The zero-order valence-electron chi connectivity index (χ0n) is 22.7. The van der Waals surface area contributed by atoms with Gasteiger partial charge in [0.1, 0.15) is 0 Å². The van der Waals surface area contributed by atoms with Crippen LogP contribution in [0.15, 0.2) is 0 Å². The maximum absolute atomic E-state index is 10.5. The largest absolute Gasteiger partial charge is 0.393 e. The van der Waals surface area contributed by atoms with E-state index in [2.05, 4.69) is 0 Å². The van der Waals surface area contributed by atoms with Crippen molar-refractivity contribution in [2.24, 2.45) is 23.7 Å². The molecule has 0 aromatic carbocycles. The summed E-state index contributed by atoms with van der Waals surface area (Å²) in [6.07, 6.45) is 14.7. The van der Waals surface area contributed by atoms with Gasteiger partial charge in [0.15, 0.2) is 0 Å². The van der Waals surface area contributed by atoms with Crippen LogP contribution in [0, 0.1) is 23.7 Å². The monoisotopic (exact) mass is 500 g/mol. The maximum Gasteiger partial charge on any atom is 0.0648 e. The summed E-state index contributed by atoms with van der Waals surface area (Å²) in [6, 6.07) is 0. The molecule has 8 atom stereocenters. The molecule has 4 aliphatic carbocycles. The zero-order valence-corrected chi connectivity index (χ0v) is 22.7. The lowest BCUT2D eigenvalue weighted by Gasteiger charge is -2.39. The zero-order chi connectivity index (χ0) is 25.8. The highest BCUT2D eigenvalue weighted by atomic mass is 16.5. The van der Waals surface area contributed by atoms with E-state index in [-0.39, 0.29) is 48.3 Å². The van der Waals surface area contributed by atoms with E-state index in [0.29, 0.717) is 12.3 Å². The molecule has 0 bridgehead atoms. The average molecular weight is 501 g/mol. The highest BCUT2D eigenvalue weighted by Crippen LogP contribution is 2.37. The molecule has 0 spiro atoms. The van der Waals surface area contributed by atoms with Gasteiger partial charge in [0.25, 0.3) is 0 Å². The van der Waals surface area contributed by atoms with Gasteiger partial charge in [-0.15, -0.1) is 0 Å². The third kappa shape index (κ3) is 9.22. The van der Waals surface area contributed by atoms with Crippen LogP contribution < -0.4 is 0 Å². The van der Waals surface area contributed by atoms with Crippen LogP contribution in [-0.4, -0.2) is 69.3 Å². The molecule has 0 aliphatic heterocycles. The third-order valence-corrected chi connectivity index (χ3v) is 9.13. The van der Waals surface area contributed by atoms with Crippen LogP contribution in [0.2, 0.25) is 0 Å². The van der Waals surface area contributed by atoms with E-state index in [1.54, 1.807) is 7.11 Å². The number of rotatable bonds is 5. The van der Waals surface area contributed by atoms with Gasteiger partial charge in [-0.25, -0.2) is 0 Å². The summed E-state index contributed by atoms with van der Waals surface area (Å²) in [5.74, 6) is 0.672. The average Bonchev–Trinajstić information content (AvgIpc) is 2.90. The second-order valence-electron chi connectivity index (χ2n) is 11.3. The lowest BCUT2D eigenvalue weighted by molar-refractivity contribution is -0.0874. The first-order valence-corrected chi connectivity index (χ1v) is 14.9. The molecule has 6 nitrogen and oxygen atoms in total. The summed E-state index contributed by atoms with van der Waals surface area (Å²) < 4.78 is 5.47. The molecule has 0 heterocycles. The second-order valence-corrected chi connectivity index (χ2v) is 11.3. The number of aliphatic hydroxyl groups is 5. The molecule has 0 amide bonds. The molecular weight excluding hydrogens is 444 g/mol. The van der Waals surface area contributed by atoms with E-state index in [1.165, 1.54) is 19.3 Å². The van der Waals surface area contributed by atoms with Crippen LogP contribution in [0.3, 0.4) is 0 Å². The van der Waals surface area contributed by atoms with Gasteiger partial charge in [0.05, 0.1) is 36.6 Å². The van der Waals surface area contributed by atoms with Crippen molar-refractivity contribution in [2.75, 3.05) is 7.11 Å². The van der Waals surface area contributed by atoms with E-state index in [1.807, 2.05) is 13.8 Å². The minimum Gasteiger partial charge on any atom is -0.393 e. The number of ether oxygens (including phenoxy) is 1. The first-order valence-electron chi connectivity index (χ1n) is 14.9. The van der Waals surface area contributed by atoms with Crippen molar-refractivity contribution in [3.05, 3.63) is 0 Å². The van der Waals surface area contributed by atoms with Crippen LogP contribution in [0.25, 0.3) is 0 Å². The first kappa shape index (κ1) is 31.0. The van der Waals surface area contributed by atoms with Gasteiger partial charge < -0.3 is 30.3 Å². The smallest absolute Gasteiger partial charge is 0.0648 e. The number of hydrogen-bond acceptors (Lipinski definition) is 6. The van der Waals surface area contributed by atoms with Crippen molar-refractivity contribution in [3.63, 3.8) is 0 Å². The highest BCUT2D eigenvalue weighted by Gasteiger charge is 2.39. The van der Waals surface area contributed by atoms with Gasteiger partial charge >= 0.3 is 0 Å². The Labute approximate surface area is 214 Å². The molecule has 35 heavy (non-hydrogen) atoms. The van der Waals surface area contributed by atoms with Crippen molar-refractivity contribution < 1.29 is 30.3 Å². The van der Waals surface area contributed by atoms with Gasteiger partial charge in [0, 0.05) is 24.9 Å². The Balaban J connectivity index is 0.000000231. The molecule has 0 aromatic heterocycles. The molecule has 4 rings (SSSR count). The Morgan fingerprint density at radius 1 is 0.571 bits per heavy atom. The number of methoxy groups -OCH3 is 1. The van der Waals surface area contributed by atoms with Crippen molar-refractivity contribution in [1.82, 2.24) is 0 Å². The fraction of sp³-hybridized carbons (Fsp3) is 1.00. The fourth-order valence-electron chi connectivity index (χ4n) is 7.01. The molecule has 0 saturated heterocycles. The predicted octanol–water partition coefficient (Wildman–Crippen LogP) is 4.58. The molecule has 4 saturated carbocycles. The molecule has 5 N–H and O–H groups in total. The van der Waals surface area contributed by atoms with E-state index in [4.69, 9.17) is 4.74 Å². The summed E-state index contributed by atoms with van der Waals surface area (Å²) in [4.78, 5) is 0. The third-order valence-electron chi connectivity index (χ3n) is 9.13. The van der Waals surface area contributed by atoms with Crippen molar-refractivity contribution in [2.45, 2.75) is 153 Å². The van der Waals surface area contributed by atoms with Gasteiger partial charge in [-0.1, -0.05) is 58.8 Å². The lowest BCUT2D eigenvalue weighted by Crippen LogP contribution is -2.44. The quantitative estimate of drug-likeness (QED) is 0.378. The highest BCUT2D eigenvalue weighted by molar-refractivity contribution is 4.90. The predicted molar refractivity (Wildman–Crippen MR) is 140 cm³/mol. The Bertz CT molecular complexity index is 517. The van der Waals surface area contributed by atoms with E-state index < -0.39 is 6.10 Å². The first-order chi connectivity index (χ1) is 16.9. The van der Waals surface area contributed by atoms with Crippen LogP contribution in [0.1, 0.15) is 117 Å². The van der Waals surface area contributed by atoms with E-state index in [9.17, 15) is 25.5 Å². The van der Waals surface area contributed by atoms with Crippen molar-refractivity contribution >= 4 is 0 Å². The molecule has 6 heteroatoms. The Morgan fingerprint density at radius 2 is 1.06 bits per heavy atom. The van der Waals surface area contributed by atoms with Crippen LogP contribution in [0.4, 0.5) is 0 Å². The van der Waals surface area contributed by atoms with E-state index in [0.717, 1.165) is 77.0 Å². The fourth-order valence-corrected chi connectivity index (χ4v) is 7.01. The van der Waals surface area contributed by atoms with Gasteiger partial charge in [-0.05, 0) is 63.7 Å². The van der Waals surface area contributed by atoms with Gasteiger partial charge in [0.2, 0.25) is 0 Å².